The minimum absolute atomic E-state index is 0.141. The fourth-order valence-corrected chi connectivity index (χ4v) is 11.5. The second-order valence-electron chi connectivity index (χ2n) is 17.9. The van der Waals surface area contributed by atoms with Gasteiger partial charge in [-0.2, -0.15) is 26.3 Å². The Labute approximate surface area is 430 Å². The van der Waals surface area contributed by atoms with E-state index in [0.717, 1.165) is 82.9 Å². The molecule has 8 aromatic rings. The first-order valence-corrected chi connectivity index (χ1v) is 27.1. The highest BCUT2D eigenvalue weighted by atomic mass is 28.4. The fraction of sp³-hybridized carbons (Fsp3) is 0.161. The molecule has 0 atom stereocenters. The van der Waals surface area contributed by atoms with Crippen molar-refractivity contribution in [2.24, 2.45) is 0 Å². The van der Waals surface area contributed by atoms with E-state index < -0.39 is 32.5 Å². The highest BCUT2D eigenvalue weighted by Gasteiger charge is 2.35. The molecule has 0 spiro atoms. The van der Waals surface area contributed by atoms with Gasteiger partial charge >= 0.3 is 24.2 Å². The minimum Gasteiger partial charge on any atom is -0.428 e. The summed E-state index contributed by atoms with van der Waals surface area (Å²) in [5, 5.41) is 1.32. The predicted molar refractivity (Wildman–Crippen MR) is 289 cm³/mol. The van der Waals surface area contributed by atoms with Gasteiger partial charge in [-0.05, 0) is 167 Å². The van der Waals surface area contributed by atoms with E-state index in [4.69, 9.17) is 4.43 Å². The van der Waals surface area contributed by atoms with Gasteiger partial charge in [0, 0.05) is 34.1 Å². The monoisotopic (exact) mass is 1020 g/mol. The SMILES string of the molecule is CCCCc1ccc(N(c2ccccc2)c2ccc(-c3ccc(N(c4ccc(CCCC)cc4)c4ccc(CO[Si](C)(c5ccc(OC(F)=C(F)F)cc5)c5ccc(OC(F)=C(F)F)cc5)cc4)cc3)cc2)cc1. The van der Waals surface area contributed by atoms with Gasteiger partial charge in [0.25, 0.3) is 8.32 Å². The number of anilines is 6. The second-order valence-corrected chi connectivity index (χ2v) is 21.5. The highest BCUT2D eigenvalue weighted by Crippen LogP contribution is 2.39. The first-order valence-electron chi connectivity index (χ1n) is 24.7. The normalized spacial score (nSPS) is 11.2. The molecule has 0 aliphatic heterocycles. The Kier molecular flexibility index (Phi) is 17.6. The molecule has 0 aliphatic carbocycles. The maximum atomic E-state index is 13.6. The van der Waals surface area contributed by atoms with Crippen LogP contribution in [-0.4, -0.2) is 8.32 Å². The molecule has 0 unspecified atom stereocenters. The van der Waals surface area contributed by atoms with Crippen molar-refractivity contribution in [3.05, 3.63) is 241 Å². The summed E-state index contributed by atoms with van der Waals surface area (Å²) in [5.41, 5.74) is 11.7. The van der Waals surface area contributed by atoms with Crippen LogP contribution in [0.4, 0.5) is 60.5 Å². The first kappa shape index (κ1) is 52.5. The molecular weight excluding hydrogens is 963 g/mol. The lowest BCUT2D eigenvalue weighted by Gasteiger charge is -2.29. The van der Waals surface area contributed by atoms with Crippen LogP contribution in [-0.2, 0) is 23.9 Å². The minimum atomic E-state index is -3.22. The molecule has 0 saturated heterocycles. The average Bonchev–Trinajstić information content (AvgIpc) is 3.43. The van der Waals surface area contributed by atoms with Crippen LogP contribution in [0.1, 0.15) is 56.2 Å². The Morgan fingerprint density at radius 2 is 0.716 bits per heavy atom. The third-order valence-corrected chi connectivity index (χ3v) is 16.5. The van der Waals surface area contributed by atoms with Gasteiger partial charge in [0.1, 0.15) is 11.5 Å². The molecule has 8 rings (SSSR count). The Balaban J connectivity index is 1.05. The van der Waals surface area contributed by atoms with Crippen LogP contribution in [0.3, 0.4) is 0 Å². The van der Waals surface area contributed by atoms with E-state index in [0.29, 0.717) is 10.4 Å². The molecule has 0 heterocycles. The second kappa shape index (κ2) is 24.7. The molecule has 0 saturated carbocycles. The molecular formula is C62H56F6N2O3Si. The van der Waals surface area contributed by atoms with Gasteiger partial charge in [0.05, 0.1) is 6.61 Å². The maximum Gasteiger partial charge on any atom is 0.344 e. The van der Waals surface area contributed by atoms with Crippen molar-refractivity contribution in [2.45, 2.75) is 65.5 Å². The summed E-state index contributed by atoms with van der Waals surface area (Å²) < 4.78 is 94.6. The van der Waals surface area contributed by atoms with Gasteiger partial charge in [-0.3, -0.25) is 0 Å². The number of rotatable bonds is 22. The van der Waals surface area contributed by atoms with Crippen LogP contribution >= 0.6 is 0 Å². The zero-order valence-corrected chi connectivity index (χ0v) is 42.4. The van der Waals surface area contributed by atoms with Crippen molar-refractivity contribution < 1.29 is 40.2 Å². The highest BCUT2D eigenvalue weighted by molar-refractivity contribution is 6.96. The molecule has 0 fully saturated rings. The molecule has 74 heavy (non-hydrogen) atoms. The van der Waals surface area contributed by atoms with Gasteiger partial charge in [-0.25, -0.2) is 0 Å². The third-order valence-electron chi connectivity index (χ3n) is 12.9. The van der Waals surface area contributed by atoms with E-state index >= 15 is 0 Å². The van der Waals surface area contributed by atoms with Crippen molar-refractivity contribution in [3.8, 4) is 22.6 Å². The number of nitrogens with zero attached hydrogens (tertiary/aromatic N) is 2. The standard InChI is InChI=1S/C62H56F6N2O3Si/c1-4-6-11-44-15-25-50(26-16-44)69(49-13-9-8-10-14-49)53-31-21-47(22-32-53)48-23-33-54(34-24-48)70(51-27-17-45(18-28-51)12-7-5-2)52-29-19-46(20-30-52)43-71-74(3,57-39-35-55(36-40-57)72-61(67)59(63)64)58-41-37-56(38-42-58)73-62(68)60(65)66/h8-10,13-42H,4-7,11-12,43H2,1-3H3. The summed E-state index contributed by atoms with van der Waals surface area (Å²) in [4.78, 5) is 4.48. The number of halogens is 6. The van der Waals surface area contributed by atoms with Gasteiger partial charge < -0.3 is 23.7 Å². The first-order chi connectivity index (χ1) is 35.9. The topological polar surface area (TPSA) is 34.2 Å². The van der Waals surface area contributed by atoms with E-state index in [1.54, 1.807) is 24.3 Å². The molecule has 8 aromatic carbocycles. The lowest BCUT2D eigenvalue weighted by atomic mass is 10.0. The zero-order valence-electron chi connectivity index (χ0n) is 41.4. The summed E-state index contributed by atoms with van der Waals surface area (Å²) in [6.45, 7) is 6.44. The number of benzene rings is 8. The van der Waals surface area contributed by atoms with Crippen molar-refractivity contribution >= 4 is 52.8 Å². The molecule has 0 radical (unpaired) electrons. The number of unbranched alkanes of at least 4 members (excludes halogenated alkanes) is 2. The van der Waals surface area contributed by atoms with Crippen LogP contribution in [0.15, 0.2) is 224 Å². The van der Waals surface area contributed by atoms with Crippen LogP contribution in [0, 0.1) is 0 Å². The zero-order chi connectivity index (χ0) is 52.0. The molecule has 0 bridgehead atoms. The Bertz CT molecular complexity index is 3040. The fourth-order valence-electron chi connectivity index (χ4n) is 8.73. The molecule has 0 aromatic heterocycles. The van der Waals surface area contributed by atoms with Crippen molar-refractivity contribution in [1.29, 1.82) is 0 Å². The predicted octanol–water partition coefficient (Wildman–Crippen LogP) is 17.7. The van der Waals surface area contributed by atoms with Crippen LogP contribution in [0.2, 0.25) is 6.55 Å². The van der Waals surface area contributed by atoms with Crippen molar-refractivity contribution in [2.75, 3.05) is 9.80 Å². The van der Waals surface area contributed by atoms with Crippen LogP contribution < -0.4 is 29.6 Å². The van der Waals surface area contributed by atoms with Crippen LogP contribution in [0.25, 0.3) is 11.1 Å². The lowest BCUT2D eigenvalue weighted by molar-refractivity contribution is 0.241. The summed E-state index contributed by atoms with van der Waals surface area (Å²) in [6.07, 6.45) is 1.42. The van der Waals surface area contributed by atoms with Crippen LogP contribution in [0.5, 0.6) is 11.5 Å². The summed E-state index contributed by atoms with van der Waals surface area (Å²) in [5.74, 6) is -0.306. The Morgan fingerprint density at radius 1 is 0.392 bits per heavy atom. The van der Waals surface area contributed by atoms with Gasteiger partial charge in [-0.15, -0.1) is 0 Å². The summed E-state index contributed by atoms with van der Waals surface area (Å²) in [7, 11) is -3.22. The van der Waals surface area contributed by atoms with E-state index in [2.05, 4.69) is 154 Å². The van der Waals surface area contributed by atoms with Gasteiger partial charge in [0.2, 0.25) is 0 Å². The lowest BCUT2D eigenvalue weighted by Crippen LogP contribution is -2.58. The average molecular weight is 1020 g/mol. The summed E-state index contributed by atoms with van der Waals surface area (Å²) >= 11 is 0. The van der Waals surface area contributed by atoms with E-state index in [-0.39, 0.29) is 18.1 Å². The number of hydrogen-bond acceptors (Lipinski definition) is 5. The number of hydrogen-bond donors (Lipinski definition) is 0. The van der Waals surface area contributed by atoms with E-state index in [1.807, 2.05) is 36.9 Å². The van der Waals surface area contributed by atoms with Crippen molar-refractivity contribution in [1.82, 2.24) is 0 Å². The van der Waals surface area contributed by atoms with E-state index in [9.17, 15) is 26.3 Å². The Morgan fingerprint density at radius 3 is 1.05 bits per heavy atom. The molecule has 0 N–H and O–H groups in total. The molecule has 0 amide bonds. The molecule has 5 nitrogen and oxygen atoms in total. The quantitative estimate of drug-likeness (QED) is 0.0384. The maximum absolute atomic E-state index is 13.6. The van der Waals surface area contributed by atoms with Crippen molar-refractivity contribution in [3.63, 3.8) is 0 Å². The summed E-state index contributed by atoms with van der Waals surface area (Å²) in [6, 6.07) is 60.9. The smallest absolute Gasteiger partial charge is 0.344 e. The third kappa shape index (κ3) is 13.0. The van der Waals surface area contributed by atoms with E-state index in [1.165, 1.54) is 41.8 Å². The van der Waals surface area contributed by atoms with Gasteiger partial charge in [-0.1, -0.05) is 130 Å². The van der Waals surface area contributed by atoms with Gasteiger partial charge in [0.15, 0.2) is 0 Å². The Hall–Kier alpha value is -7.80. The number of ether oxygens (including phenoxy) is 2. The number of aryl methyl sites for hydroxylation is 2. The number of para-hydroxylation sites is 1. The molecule has 12 heteroatoms. The molecule has 0 aliphatic rings. The molecule has 378 valence electrons. The largest absolute Gasteiger partial charge is 0.428 e.